The van der Waals surface area contributed by atoms with Gasteiger partial charge in [0.05, 0.1) is 17.6 Å². The second-order valence-corrected chi connectivity index (χ2v) is 5.98. The summed E-state index contributed by atoms with van der Waals surface area (Å²) in [7, 11) is 1.91. The molecule has 3 rings (SSSR count). The molecule has 3 nitrogen and oxygen atoms in total. The topological polar surface area (TPSA) is 28.5 Å². The van der Waals surface area contributed by atoms with E-state index in [1.807, 2.05) is 72.0 Å². The van der Waals surface area contributed by atoms with E-state index in [-0.39, 0.29) is 0 Å². The normalized spacial score (nSPS) is 11.0. The van der Waals surface area contributed by atoms with E-state index in [2.05, 4.69) is 10.1 Å². The molecular weight excluding hydrogens is 314 g/mol. The van der Waals surface area contributed by atoms with Gasteiger partial charge in [-0.2, -0.15) is 5.10 Å². The van der Waals surface area contributed by atoms with Gasteiger partial charge in [0.25, 0.3) is 0 Å². The Kier molecular flexibility index (Phi) is 4.51. The van der Waals surface area contributed by atoms with Crippen molar-refractivity contribution in [1.82, 2.24) is 4.98 Å². The van der Waals surface area contributed by atoms with Crippen molar-refractivity contribution in [3.63, 3.8) is 0 Å². The van der Waals surface area contributed by atoms with Crippen LogP contribution in [0.2, 0.25) is 5.02 Å². The summed E-state index contributed by atoms with van der Waals surface area (Å²) in [5.41, 5.74) is 2.94. The highest BCUT2D eigenvalue weighted by Crippen LogP contribution is 2.24. The minimum atomic E-state index is 0.728. The molecule has 0 bridgehead atoms. The number of hydrazone groups is 1. The number of hydrogen-bond donors (Lipinski definition) is 0. The van der Waals surface area contributed by atoms with Crippen LogP contribution in [0.1, 0.15) is 5.69 Å². The first-order chi connectivity index (χ1) is 10.7. The molecule has 1 aromatic heterocycles. The van der Waals surface area contributed by atoms with Crippen molar-refractivity contribution in [3.05, 3.63) is 70.7 Å². The Bertz CT molecular complexity index is 766. The zero-order valence-corrected chi connectivity index (χ0v) is 13.6. The summed E-state index contributed by atoms with van der Waals surface area (Å²) in [6.07, 6.45) is 1.77. The maximum Gasteiger partial charge on any atom is 0.124 e. The highest BCUT2D eigenvalue weighted by Gasteiger charge is 2.04. The molecule has 0 aliphatic rings. The fourth-order valence-corrected chi connectivity index (χ4v) is 2.83. The van der Waals surface area contributed by atoms with Gasteiger partial charge < -0.3 is 0 Å². The number of anilines is 1. The van der Waals surface area contributed by atoms with E-state index in [0.717, 1.165) is 27.0 Å². The Morgan fingerprint density at radius 3 is 2.55 bits per heavy atom. The highest BCUT2D eigenvalue weighted by atomic mass is 35.5. The number of rotatable bonds is 4. The van der Waals surface area contributed by atoms with Crippen LogP contribution >= 0.6 is 22.9 Å². The summed E-state index contributed by atoms with van der Waals surface area (Å²) in [5.74, 6) is 0. The molecule has 2 aromatic carbocycles. The molecule has 0 spiro atoms. The van der Waals surface area contributed by atoms with Gasteiger partial charge in [-0.3, -0.25) is 5.01 Å². The maximum absolute atomic E-state index is 5.90. The predicted octanol–water partition coefficient (Wildman–Crippen LogP) is 4.93. The van der Waals surface area contributed by atoms with Gasteiger partial charge in [0.15, 0.2) is 0 Å². The van der Waals surface area contributed by atoms with Crippen LogP contribution in [-0.4, -0.2) is 18.2 Å². The first-order valence-corrected chi connectivity index (χ1v) is 8.02. The first kappa shape index (κ1) is 14.8. The summed E-state index contributed by atoms with van der Waals surface area (Å²) in [4.78, 5) is 4.58. The van der Waals surface area contributed by atoms with Crippen molar-refractivity contribution >= 4 is 34.8 Å². The quantitative estimate of drug-likeness (QED) is 0.502. The van der Waals surface area contributed by atoms with E-state index in [9.17, 15) is 0 Å². The minimum Gasteiger partial charge on any atom is -0.269 e. The SMILES string of the molecule is CN(/N=C\c1csc(-c2ccc(Cl)cc2)n1)c1ccccc1. The van der Waals surface area contributed by atoms with E-state index in [0.29, 0.717) is 0 Å². The highest BCUT2D eigenvalue weighted by molar-refractivity contribution is 7.13. The Hall–Kier alpha value is -2.17. The second kappa shape index (κ2) is 6.73. The molecule has 110 valence electrons. The molecule has 5 heteroatoms. The molecule has 0 N–H and O–H groups in total. The van der Waals surface area contributed by atoms with E-state index in [1.165, 1.54) is 0 Å². The van der Waals surface area contributed by atoms with Gasteiger partial charge in [-0.1, -0.05) is 41.9 Å². The lowest BCUT2D eigenvalue weighted by atomic mass is 10.2. The van der Waals surface area contributed by atoms with Gasteiger partial charge >= 0.3 is 0 Å². The van der Waals surface area contributed by atoms with Crippen molar-refractivity contribution in [1.29, 1.82) is 0 Å². The van der Waals surface area contributed by atoms with Crippen LogP contribution in [0.15, 0.2) is 65.1 Å². The molecule has 1 heterocycles. The number of aromatic nitrogens is 1. The van der Waals surface area contributed by atoms with Crippen molar-refractivity contribution < 1.29 is 0 Å². The van der Waals surface area contributed by atoms with Crippen LogP contribution in [0.25, 0.3) is 10.6 Å². The van der Waals surface area contributed by atoms with Crippen molar-refractivity contribution in [2.45, 2.75) is 0 Å². The van der Waals surface area contributed by atoms with E-state index in [1.54, 1.807) is 17.6 Å². The van der Waals surface area contributed by atoms with Gasteiger partial charge in [0.2, 0.25) is 0 Å². The number of halogens is 1. The third-order valence-corrected chi connectivity index (χ3v) is 4.27. The van der Waals surface area contributed by atoms with Crippen molar-refractivity contribution in [2.75, 3.05) is 12.1 Å². The Balaban J connectivity index is 1.74. The number of benzene rings is 2. The molecule has 0 aliphatic heterocycles. The van der Waals surface area contributed by atoms with Crippen molar-refractivity contribution in [2.24, 2.45) is 5.10 Å². The van der Waals surface area contributed by atoms with Gasteiger partial charge in [0.1, 0.15) is 5.01 Å². The lowest BCUT2D eigenvalue weighted by molar-refractivity contribution is 1.02. The number of thiazole rings is 1. The maximum atomic E-state index is 5.90. The standard InChI is InChI=1S/C17H14ClN3S/c1-21(16-5-3-2-4-6-16)19-11-15-12-22-17(20-15)13-7-9-14(18)10-8-13/h2-12H,1H3/b19-11-. The Morgan fingerprint density at radius 2 is 1.82 bits per heavy atom. The molecule has 0 unspecified atom stereocenters. The Morgan fingerprint density at radius 1 is 1.09 bits per heavy atom. The monoisotopic (exact) mass is 327 g/mol. The zero-order valence-electron chi connectivity index (χ0n) is 12.0. The lowest BCUT2D eigenvalue weighted by Gasteiger charge is -2.11. The van der Waals surface area contributed by atoms with Gasteiger partial charge in [-0.25, -0.2) is 4.98 Å². The van der Waals surface area contributed by atoms with Gasteiger partial charge in [0, 0.05) is 23.0 Å². The van der Waals surface area contributed by atoms with Crippen LogP contribution in [0.4, 0.5) is 5.69 Å². The third-order valence-electron chi connectivity index (χ3n) is 3.11. The van der Waals surface area contributed by atoms with Crippen LogP contribution in [0.5, 0.6) is 0 Å². The summed E-state index contributed by atoms with van der Waals surface area (Å²) < 4.78 is 0. The van der Waals surface area contributed by atoms with Gasteiger partial charge in [-0.15, -0.1) is 11.3 Å². The molecule has 0 saturated heterocycles. The van der Waals surface area contributed by atoms with Crippen LogP contribution in [0.3, 0.4) is 0 Å². The molecule has 0 aliphatic carbocycles. The molecule has 22 heavy (non-hydrogen) atoms. The molecule has 0 atom stereocenters. The van der Waals surface area contributed by atoms with E-state index >= 15 is 0 Å². The largest absolute Gasteiger partial charge is 0.269 e. The average molecular weight is 328 g/mol. The Labute approximate surface area is 138 Å². The molecule has 0 fully saturated rings. The average Bonchev–Trinajstić information content (AvgIpc) is 3.03. The lowest BCUT2D eigenvalue weighted by Crippen LogP contribution is -2.08. The molecule has 0 saturated carbocycles. The molecular formula is C17H14ClN3S. The molecule has 0 amide bonds. The van der Waals surface area contributed by atoms with Crippen LogP contribution in [0, 0.1) is 0 Å². The fraction of sp³-hybridized carbons (Fsp3) is 0.0588. The fourth-order valence-electron chi connectivity index (χ4n) is 1.93. The summed E-state index contributed by atoms with van der Waals surface area (Å²) in [6, 6.07) is 17.7. The number of hydrogen-bond acceptors (Lipinski definition) is 4. The van der Waals surface area contributed by atoms with E-state index in [4.69, 9.17) is 11.6 Å². The third kappa shape index (κ3) is 3.53. The van der Waals surface area contributed by atoms with Crippen LogP contribution in [-0.2, 0) is 0 Å². The van der Waals surface area contributed by atoms with Gasteiger partial charge in [-0.05, 0) is 24.3 Å². The summed E-state index contributed by atoms with van der Waals surface area (Å²) >= 11 is 7.50. The molecule has 3 aromatic rings. The van der Waals surface area contributed by atoms with Crippen LogP contribution < -0.4 is 5.01 Å². The predicted molar refractivity (Wildman–Crippen MR) is 95.0 cm³/mol. The summed E-state index contributed by atoms with van der Waals surface area (Å²) in [5, 5.41) is 9.92. The summed E-state index contributed by atoms with van der Waals surface area (Å²) in [6.45, 7) is 0. The first-order valence-electron chi connectivity index (χ1n) is 6.76. The number of para-hydroxylation sites is 1. The number of nitrogens with zero attached hydrogens (tertiary/aromatic N) is 3. The second-order valence-electron chi connectivity index (χ2n) is 4.69. The van der Waals surface area contributed by atoms with E-state index < -0.39 is 0 Å². The smallest absolute Gasteiger partial charge is 0.124 e. The van der Waals surface area contributed by atoms with Crippen molar-refractivity contribution in [3.8, 4) is 10.6 Å². The zero-order chi connectivity index (χ0) is 15.4. The molecule has 0 radical (unpaired) electrons. The minimum absolute atomic E-state index is 0.728.